The highest BCUT2D eigenvalue weighted by Gasteiger charge is 2.33. The second-order valence-corrected chi connectivity index (χ2v) is 10.7. The molecule has 2 aromatic rings. The minimum atomic E-state index is -1.17. The molecule has 3 N–H and O–H groups in total. The Balaban J connectivity index is 0.00000220. The van der Waals surface area contributed by atoms with Gasteiger partial charge in [-0.2, -0.15) is 0 Å². The van der Waals surface area contributed by atoms with Gasteiger partial charge in [-0.05, 0) is 49.4 Å². The zero-order chi connectivity index (χ0) is 26.6. The van der Waals surface area contributed by atoms with E-state index in [4.69, 9.17) is 14.6 Å². The summed E-state index contributed by atoms with van der Waals surface area (Å²) in [7, 11) is 0. The van der Waals surface area contributed by atoms with Crippen LogP contribution in [0.3, 0.4) is 0 Å². The Kier molecular flexibility index (Phi) is 11.9. The van der Waals surface area contributed by atoms with Crippen molar-refractivity contribution in [2.75, 3.05) is 39.3 Å². The smallest absolute Gasteiger partial charge is 0.255 e. The molecule has 40 heavy (non-hydrogen) atoms. The molecule has 11 heteroatoms. The summed E-state index contributed by atoms with van der Waals surface area (Å²) in [4.78, 5) is 17.1. The van der Waals surface area contributed by atoms with Crippen molar-refractivity contribution in [3.63, 3.8) is 0 Å². The fourth-order valence-electron chi connectivity index (χ4n) is 5.73. The van der Waals surface area contributed by atoms with Gasteiger partial charge in [0, 0.05) is 45.3 Å². The lowest BCUT2D eigenvalue weighted by molar-refractivity contribution is 0.0165. The van der Waals surface area contributed by atoms with E-state index in [0.29, 0.717) is 49.5 Å². The van der Waals surface area contributed by atoms with Crippen molar-refractivity contribution >= 4 is 30.7 Å². The number of aliphatic hydroxyl groups excluding tert-OH is 2. The van der Waals surface area contributed by atoms with Gasteiger partial charge >= 0.3 is 0 Å². The van der Waals surface area contributed by atoms with E-state index >= 15 is 0 Å². The number of hydrogen-bond donors (Lipinski definition) is 3. The predicted octanol–water partition coefficient (Wildman–Crippen LogP) is 3.00. The highest BCUT2D eigenvalue weighted by atomic mass is 35.5. The van der Waals surface area contributed by atoms with Crippen LogP contribution in [0.5, 0.6) is 11.5 Å². The highest BCUT2D eigenvalue weighted by molar-refractivity contribution is 5.97. The van der Waals surface area contributed by atoms with Gasteiger partial charge in [0.1, 0.15) is 29.9 Å². The van der Waals surface area contributed by atoms with Crippen LogP contribution in [0.15, 0.2) is 42.5 Å². The van der Waals surface area contributed by atoms with Gasteiger partial charge in [-0.1, -0.05) is 24.3 Å². The number of likely N-dealkylation sites (tertiary alicyclic amines) is 1. The molecule has 1 amide bonds. The van der Waals surface area contributed by atoms with E-state index in [1.54, 1.807) is 18.2 Å². The second kappa shape index (κ2) is 14.7. The number of aliphatic hydroxyl groups is 2. The number of fused-ring (bicyclic) bond motifs is 2. The predicted molar refractivity (Wildman–Crippen MR) is 156 cm³/mol. The largest absolute Gasteiger partial charge is 0.488 e. The number of ether oxygens (including phenoxy) is 2. The first-order valence-electron chi connectivity index (χ1n) is 13.6. The monoisotopic (exact) mass is 599 g/mol. The van der Waals surface area contributed by atoms with Gasteiger partial charge in [0.15, 0.2) is 0 Å². The van der Waals surface area contributed by atoms with Crippen molar-refractivity contribution in [1.29, 1.82) is 0 Å². The number of nitrogens with zero attached hydrogens (tertiary/aromatic N) is 2. The Morgan fingerprint density at radius 2 is 1.93 bits per heavy atom. The van der Waals surface area contributed by atoms with Crippen LogP contribution in [-0.2, 0) is 13.0 Å². The maximum atomic E-state index is 14.7. The highest BCUT2D eigenvalue weighted by Crippen LogP contribution is 2.31. The lowest BCUT2D eigenvalue weighted by atomic mass is 9.98. The van der Waals surface area contributed by atoms with Crippen LogP contribution in [0.25, 0.3) is 0 Å². The molecule has 1 fully saturated rings. The molecule has 0 spiro atoms. The van der Waals surface area contributed by atoms with E-state index in [2.05, 4.69) is 28.4 Å². The summed E-state index contributed by atoms with van der Waals surface area (Å²) in [6, 6.07) is 13.0. The molecule has 3 heterocycles. The normalized spacial score (nSPS) is 25.6. The number of benzene rings is 2. The number of β-amino-alcohol motifs (C(OH)–C–C–N with tert-alkyl or cyclic N) is 2. The van der Waals surface area contributed by atoms with Gasteiger partial charge in [0.2, 0.25) is 0 Å². The van der Waals surface area contributed by atoms with E-state index in [0.717, 1.165) is 19.5 Å². The summed E-state index contributed by atoms with van der Waals surface area (Å²) >= 11 is 0. The second-order valence-electron chi connectivity index (χ2n) is 10.7. The van der Waals surface area contributed by atoms with Gasteiger partial charge in [-0.25, -0.2) is 4.39 Å². The SMILES string of the molecule is C[C@H]1Oc2cc(O[C@@H]3CCN(CCO)C[C@H]3F)ccc2C(=O)NC1C[C@@H](O)CN1CCc2ccccc2C1.Cl.Cl. The van der Waals surface area contributed by atoms with Gasteiger partial charge < -0.3 is 25.0 Å². The van der Waals surface area contributed by atoms with Crippen molar-refractivity contribution in [3.05, 3.63) is 59.2 Å². The lowest BCUT2D eigenvalue weighted by Crippen LogP contribution is -2.47. The quantitative estimate of drug-likeness (QED) is 0.429. The summed E-state index contributed by atoms with van der Waals surface area (Å²) in [6.45, 7) is 5.45. The molecule has 3 aliphatic rings. The molecule has 222 valence electrons. The number of piperidine rings is 1. The molecule has 0 aromatic heterocycles. The zero-order valence-corrected chi connectivity index (χ0v) is 24.3. The van der Waals surface area contributed by atoms with Crippen molar-refractivity contribution in [2.45, 2.75) is 63.3 Å². The summed E-state index contributed by atoms with van der Waals surface area (Å²) in [6.07, 6.45) is -0.900. The molecule has 8 nitrogen and oxygen atoms in total. The summed E-state index contributed by atoms with van der Waals surface area (Å²) in [5.41, 5.74) is 3.06. The third kappa shape index (κ3) is 7.78. The molecule has 1 unspecified atom stereocenters. The standard InChI is InChI=1S/C29H38FN3O5.2ClH/c1-19-26(14-22(35)17-33-10-8-20-4-2-3-5-21(20)16-33)31-29(36)24-7-6-23(15-28(24)37-19)38-27-9-11-32(12-13-34)18-25(27)30;;/h2-7,15,19,22,25-27,34-35H,8-14,16-18H2,1H3,(H,31,36);2*1H/t19-,22-,25-,26?,27-;;/m1../s1. The van der Waals surface area contributed by atoms with Gasteiger partial charge in [0.05, 0.1) is 24.3 Å². The first kappa shape index (κ1) is 32.4. The van der Waals surface area contributed by atoms with E-state index in [1.165, 1.54) is 11.1 Å². The summed E-state index contributed by atoms with van der Waals surface area (Å²) in [5.74, 6) is 0.585. The maximum absolute atomic E-state index is 14.7. The Bertz CT molecular complexity index is 1130. The van der Waals surface area contributed by atoms with Gasteiger partial charge in [-0.15, -0.1) is 24.8 Å². The van der Waals surface area contributed by atoms with Gasteiger partial charge in [0.25, 0.3) is 5.91 Å². The molecule has 0 saturated carbocycles. The number of amides is 1. The third-order valence-corrected chi connectivity index (χ3v) is 7.87. The first-order chi connectivity index (χ1) is 18.4. The van der Waals surface area contributed by atoms with E-state index in [-0.39, 0.29) is 56.0 Å². The molecule has 5 atom stereocenters. The number of halogens is 3. The minimum Gasteiger partial charge on any atom is -0.488 e. The molecule has 0 radical (unpaired) electrons. The average molecular weight is 601 g/mol. The molecule has 2 aromatic carbocycles. The van der Waals surface area contributed by atoms with E-state index in [9.17, 15) is 14.3 Å². The minimum absolute atomic E-state index is 0. The number of rotatable bonds is 8. The number of alkyl halides is 1. The van der Waals surface area contributed by atoms with Crippen molar-refractivity contribution in [3.8, 4) is 11.5 Å². The van der Waals surface area contributed by atoms with Crippen molar-refractivity contribution < 1.29 is 28.9 Å². The van der Waals surface area contributed by atoms with Crippen molar-refractivity contribution in [2.24, 2.45) is 0 Å². The van der Waals surface area contributed by atoms with E-state index < -0.39 is 18.4 Å². The summed E-state index contributed by atoms with van der Waals surface area (Å²) < 4.78 is 26.8. The topological polar surface area (TPSA) is 94.5 Å². The van der Waals surface area contributed by atoms with Crippen LogP contribution < -0.4 is 14.8 Å². The van der Waals surface area contributed by atoms with Crippen molar-refractivity contribution in [1.82, 2.24) is 15.1 Å². The maximum Gasteiger partial charge on any atom is 0.255 e. The molecule has 3 aliphatic heterocycles. The van der Waals surface area contributed by atoms with Crippen LogP contribution in [0, 0.1) is 0 Å². The third-order valence-electron chi connectivity index (χ3n) is 7.87. The van der Waals surface area contributed by atoms with E-state index in [1.807, 2.05) is 17.9 Å². The van der Waals surface area contributed by atoms with Crippen LogP contribution in [0.4, 0.5) is 4.39 Å². The molecular formula is C29H40Cl2FN3O5. The number of nitrogens with one attached hydrogen (secondary N) is 1. The number of carbonyl (C=O) groups excluding carboxylic acids is 1. The molecular weight excluding hydrogens is 560 g/mol. The van der Waals surface area contributed by atoms with Gasteiger partial charge in [-0.3, -0.25) is 14.6 Å². The molecule has 0 aliphatic carbocycles. The molecule has 1 saturated heterocycles. The zero-order valence-electron chi connectivity index (χ0n) is 22.7. The average Bonchev–Trinajstić information content (AvgIpc) is 3.01. The Morgan fingerprint density at radius 1 is 1.15 bits per heavy atom. The van der Waals surface area contributed by atoms with Crippen LogP contribution in [0.2, 0.25) is 0 Å². The van der Waals surface area contributed by atoms with Crippen LogP contribution >= 0.6 is 24.8 Å². The van der Waals surface area contributed by atoms with Crippen LogP contribution in [0.1, 0.15) is 41.3 Å². The molecule has 0 bridgehead atoms. The fourth-order valence-corrected chi connectivity index (χ4v) is 5.73. The Labute approximate surface area is 247 Å². The summed E-state index contributed by atoms with van der Waals surface area (Å²) in [5, 5.41) is 23.0. The van der Waals surface area contributed by atoms with Crippen LogP contribution in [-0.4, -0.2) is 95.8 Å². The molecule has 5 rings (SSSR count). The Hall–Kier alpha value is -2.14. The first-order valence-corrected chi connectivity index (χ1v) is 13.6. The Morgan fingerprint density at radius 3 is 2.67 bits per heavy atom. The number of carbonyl (C=O) groups is 1. The lowest BCUT2D eigenvalue weighted by Gasteiger charge is -2.34. The number of hydrogen-bond acceptors (Lipinski definition) is 7. The fraction of sp³-hybridized carbons (Fsp3) is 0.552.